The molecule has 2 atom stereocenters. The zero-order valence-corrected chi connectivity index (χ0v) is 16.9. The summed E-state index contributed by atoms with van der Waals surface area (Å²) in [6.07, 6.45) is -2.37. The van der Waals surface area contributed by atoms with Gasteiger partial charge in [0.1, 0.15) is 5.78 Å². The minimum Gasteiger partial charge on any atom is -0.329 e. The van der Waals surface area contributed by atoms with Crippen LogP contribution in [0.15, 0.2) is 54.6 Å². The van der Waals surface area contributed by atoms with Gasteiger partial charge in [0, 0.05) is 30.5 Å². The highest BCUT2D eigenvalue weighted by molar-refractivity contribution is 5.94. The Morgan fingerprint density at radius 3 is 2.31 bits per heavy atom. The molecule has 3 heterocycles. The van der Waals surface area contributed by atoms with E-state index in [2.05, 4.69) is 10.1 Å². The number of fused-ring (bicyclic) bond motifs is 2. The molecule has 3 aromatic rings. The fourth-order valence-corrected chi connectivity index (χ4v) is 4.59. The van der Waals surface area contributed by atoms with Gasteiger partial charge in [-0.2, -0.15) is 13.2 Å². The van der Waals surface area contributed by atoms with Gasteiger partial charge in [0.15, 0.2) is 5.82 Å². The number of rotatable bonds is 3. The van der Waals surface area contributed by atoms with Crippen molar-refractivity contribution < 1.29 is 22.8 Å². The van der Waals surface area contributed by atoms with Crippen LogP contribution in [0.3, 0.4) is 0 Å². The number of nitrogens with zero attached hydrogens (tertiary/aromatic N) is 4. The number of benzene rings is 2. The second kappa shape index (κ2) is 7.58. The van der Waals surface area contributed by atoms with Crippen LogP contribution in [-0.2, 0) is 11.0 Å². The lowest BCUT2D eigenvalue weighted by Gasteiger charge is -2.33. The molecule has 1 amide bonds. The minimum absolute atomic E-state index is 0.0903. The van der Waals surface area contributed by atoms with Gasteiger partial charge < -0.3 is 4.90 Å². The van der Waals surface area contributed by atoms with Crippen LogP contribution in [0.1, 0.15) is 41.9 Å². The van der Waals surface area contributed by atoms with Crippen LogP contribution in [0.4, 0.5) is 13.2 Å². The van der Waals surface area contributed by atoms with Crippen LogP contribution >= 0.6 is 0 Å². The van der Waals surface area contributed by atoms with Gasteiger partial charge in [-0.05, 0) is 31.0 Å². The third kappa shape index (κ3) is 3.57. The quantitative estimate of drug-likeness (QED) is 0.610. The van der Waals surface area contributed by atoms with Crippen LogP contribution in [0, 0.1) is 0 Å². The molecular weight excluding hydrogens is 421 g/mol. The molecule has 0 radical (unpaired) electrons. The SMILES string of the molecule is O=C1CC2CCC(C1)N2C(=O)c1nc(-c2ccccc2)n(-c2cccc(C(F)(F)F)c2)n1. The molecule has 0 spiro atoms. The molecule has 5 rings (SSSR count). The van der Waals surface area contributed by atoms with Gasteiger partial charge in [0.2, 0.25) is 5.82 Å². The first kappa shape index (κ1) is 20.4. The number of amides is 1. The van der Waals surface area contributed by atoms with E-state index >= 15 is 0 Å². The van der Waals surface area contributed by atoms with Gasteiger partial charge in [0.05, 0.1) is 11.3 Å². The van der Waals surface area contributed by atoms with E-state index in [1.54, 1.807) is 29.2 Å². The van der Waals surface area contributed by atoms with Gasteiger partial charge in [-0.3, -0.25) is 9.59 Å². The lowest BCUT2D eigenvalue weighted by atomic mass is 10.0. The summed E-state index contributed by atoms with van der Waals surface area (Å²) in [6.45, 7) is 0. The predicted octanol–water partition coefficient (Wildman–Crippen LogP) is 4.29. The van der Waals surface area contributed by atoms with E-state index in [9.17, 15) is 22.8 Å². The summed E-state index contributed by atoms with van der Waals surface area (Å²) in [4.78, 5) is 31.3. The van der Waals surface area contributed by atoms with E-state index in [1.807, 2.05) is 6.07 Å². The van der Waals surface area contributed by atoms with Crippen LogP contribution in [0.2, 0.25) is 0 Å². The maximum atomic E-state index is 13.3. The number of hydrogen-bond acceptors (Lipinski definition) is 4. The molecule has 2 fully saturated rings. The summed E-state index contributed by atoms with van der Waals surface area (Å²) in [5, 5.41) is 4.33. The molecule has 1 aromatic heterocycles. The Kier molecular flexibility index (Phi) is 4.83. The molecule has 0 saturated carbocycles. The molecule has 2 aromatic carbocycles. The Morgan fingerprint density at radius 1 is 0.969 bits per heavy atom. The van der Waals surface area contributed by atoms with Gasteiger partial charge in [-0.1, -0.05) is 36.4 Å². The number of halogens is 3. The van der Waals surface area contributed by atoms with Crippen molar-refractivity contribution in [2.45, 2.75) is 43.9 Å². The number of aromatic nitrogens is 3. The van der Waals surface area contributed by atoms with Crippen molar-refractivity contribution in [1.29, 1.82) is 0 Å². The third-order valence-electron chi connectivity index (χ3n) is 6.03. The molecule has 9 heteroatoms. The lowest BCUT2D eigenvalue weighted by molar-refractivity contribution is -0.137. The zero-order chi connectivity index (χ0) is 22.5. The molecule has 2 saturated heterocycles. The summed E-state index contributed by atoms with van der Waals surface area (Å²) in [5.41, 5.74) is -0.0414. The molecule has 164 valence electrons. The first-order valence-corrected chi connectivity index (χ1v) is 10.4. The van der Waals surface area contributed by atoms with Crippen molar-refractivity contribution in [1.82, 2.24) is 19.7 Å². The Hall–Kier alpha value is -3.49. The van der Waals surface area contributed by atoms with E-state index in [-0.39, 0.29) is 35.2 Å². The Labute approximate surface area is 181 Å². The third-order valence-corrected chi connectivity index (χ3v) is 6.03. The standard InChI is InChI=1S/C23H19F3N4O2/c24-23(25,26)15-7-4-8-18(11-15)30-21(14-5-2-1-3-6-14)27-20(28-30)22(32)29-16-9-10-17(29)13-19(31)12-16/h1-8,11,16-17H,9-10,12-13H2. The maximum absolute atomic E-state index is 13.3. The Balaban J connectivity index is 1.59. The van der Waals surface area contributed by atoms with Crippen molar-refractivity contribution in [3.8, 4) is 17.1 Å². The Morgan fingerprint density at radius 2 is 1.66 bits per heavy atom. The van der Waals surface area contributed by atoms with Crippen molar-refractivity contribution in [2.75, 3.05) is 0 Å². The molecule has 0 aliphatic carbocycles. The van der Waals surface area contributed by atoms with E-state index in [1.165, 1.54) is 16.8 Å². The van der Waals surface area contributed by atoms with Crippen LogP contribution in [0.25, 0.3) is 17.1 Å². The van der Waals surface area contributed by atoms with Gasteiger partial charge in [0.25, 0.3) is 5.91 Å². The van der Waals surface area contributed by atoms with Crippen molar-refractivity contribution in [2.24, 2.45) is 0 Å². The van der Waals surface area contributed by atoms with E-state index in [4.69, 9.17) is 0 Å². The maximum Gasteiger partial charge on any atom is 0.416 e. The summed E-state index contributed by atoms with van der Waals surface area (Å²) >= 11 is 0. The highest BCUT2D eigenvalue weighted by atomic mass is 19.4. The number of piperidine rings is 1. The topological polar surface area (TPSA) is 68.1 Å². The number of ketones is 1. The predicted molar refractivity (Wildman–Crippen MR) is 109 cm³/mol. The molecule has 2 unspecified atom stereocenters. The number of carbonyl (C=O) groups excluding carboxylic acids is 2. The van der Waals surface area contributed by atoms with E-state index in [0.717, 1.165) is 25.0 Å². The molecule has 32 heavy (non-hydrogen) atoms. The fraction of sp³-hybridized carbons (Fsp3) is 0.304. The largest absolute Gasteiger partial charge is 0.416 e. The molecular formula is C23H19F3N4O2. The van der Waals surface area contributed by atoms with Gasteiger partial charge in [-0.15, -0.1) is 5.10 Å². The average Bonchev–Trinajstić information content (AvgIpc) is 3.33. The lowest BCUT2D eigenvalue weighted by Crippen LogP contribution is -2.47. The molecule has 2 aliphatic heterocycles. The number of hydrogen-bond donors (Lipinski definition) is 0. The molecule has 6 nitrogen and oxygen atoms in total. The van der Waals surface area contributed by atoms with E-state index in [0.29, 0.717) is 18.4 Å². The van der Waals surface area contributed by atoms with Gasteiger partial charge in [-0.25, -0.2) is 9.67 Å². The van der Waals surface area contributed by atoms with Gasteiger partial charge >= 0.3 is 6.18 Å². The number of Topliss-reactive ketones (excluding diaryl/α,β-unsaturated/α-hetero) is 1. The van der Waals surface area contributed by atoms with Crippen molar-refractivity contribution >= 4 is 11.7 Å². The van der Waals surface area contributed by atoms with Crippen LogP contribution in [0.5, 0.6) is 0 Å². The highest BCUT2D eigenvalue weighted by Crippen LogP contribution is 2.35. The van der Waals surface area contributed by atoms with Crippen LogP contribution in [-0.4, -0.2) is 43.4 Å². The summed E-state index contributed by atoms with van der Waals surface area (Å²) in [6, 6.07) is 13.3. The Bertz CT molecular complexity index is 1170. The number of alkyl halides is 3. The van der Waals surface area contributed by atoms with Crippen molar-refractivity contribution in [3.63, 3.8) is 0 Å². The summed E-state index contributed by atoms with van der Waals surface area (Å²) in [7, 11) is 0. The minimum atomic E-state index is -4.51. The highest BCUT2D eigenvalue weighted by Gasteiger charge is 2.44. The monoisotopic (exact) mass is 440 g/mol. The summed E-state index contributed by atoms with van der Waals surface area (Å²) in [5.74, 6) is -0.0666. The van der Waals surface area contributed by atoms with Crippen LogP contribution < -0.4 is 0 Å². The molecule has 2 bridgehead atoms. The fourth-order valence-electron chi connectivity index (χ4n) is 4.59. The normalized spacial score (nSPS) is 20.6. The number of carbonyl (C=O) groups is 2. The second-order valence-corrected chi connectivity index (χ2v) is 8.13. The molecule has 2 aliphatic rings. The zero-order valence-electron chi connectivity index (χ0n) is 16.9. The molecule has 0 N–H and O–H groups in total. The van der Waals surface area contributed by atoms with Crippen molar-refractivity contribution in [3.05, 3.63) is 66.0 Å². The first-order chi connectivity index (χ1) is 15.3. The summed E-state index contributed by atoms with van der Waals surface area (Å²) < 4.78 is 41.1. The second-order valence-electron chi connectivity index (χ2n) is 8.13. The first-order valence-electron chi connectivity index (χ1n) is 10.4. The average molecular weight is 440 g/mol. The smallest absolute Gasteiger partial charge is 0.329 e. The van der Waals surface area contributed by atoms with E-state index < -0.39 is 17.6 Å².